The third-order valence-corrected chi connectivity index (χ3v) is 6.79. The average molecular weight is 450 g/mol. The standard InChI is InChI=1S/C29H27N3O2/c1-30-28(34)29(19-21-8-5-12-24(18-21)22-9-3-2-4-10-22)15-17-32(20-29)27(33)25-14-6-11-23-13-7-16-31-26(23)25/h2-14,16,18H,15,17,19-20H2,1H3,(H,30,34)/t29-/m0/s1. The maximum absolute atomic E-state index is 13.5. The Kier molecular flexibility index (Phi) is 5.84. The summed E-state index contributed by atoms with van der Waals surface area (Å²) in [6.45, 7) is 0.915. The van der Waals surface area contributed by atoms with E-state index in [1.165, 1.54) is 0 Å². The zero-order chi connectivity index (χ0) is 23.5. The molecule has 0 unspecified atom stereocenters. The van der Waals surface area contributed by atoms with Crippen LogP contribution in [0.5, 0.6) is 0 Å². The summed E-state index contributed by atoms with van der Waals surface area (Å²) >= 11 is 0. The van der Waals surface area contributed by atoms with E-state index in [1.807, 2.05) is 54.6 Å². The lowest BCUT2D eigenvalue weighted by atomic mass is 9.79. The quantitative estimate of drug-likeness (QED) is 0.479. The maximum atomic E-state index is 13.5. The van der Waals surface area contributed by atoms with Crippen LogP contribution in [0.3, 0.4) is 0 Å². The van der Waals surface area contributed by atoms with Crippen LogP contribution >= 0.6 is 0 Å². The van der Waals surface area contributed by atoms with E-state index in [2.05, 4.69) is 40.6 Å². The van der Waals surface area contributed by atoms with Gasteiger partial charge in [0.15, 0.2) is 0 Å². The van der Waals surface area contributed by atoms with Gasteiger partial charge in [0.05, 0.1) is 16.5 Å². The van der Waals surface area contributed by atoms with Gasteiger partial charge in [0, 0.05) is 31.7 Å². The number of benzene rings is 3. The van der Waals surface area contributed by atoms with Gasteiger partial charge in [-0.3, -0.25) is 14.6 Å². The Morgan fingerprint density at radius 1 is 0.941 bits per heavy atom. The third kappa shape index (κ3) is 4.05. The highest BCUT2D eigenvalue weighted by molar-refractivity contribution is 6.05. The third-order valence-electron chi connectivity index (χ3n) is 6.79. The molecule has 1 aromatic heterocycles. The van der Waals surface area contributed by atoms with Gasteiger partial charge in [0.2, 0.25) is 5.91 Å². The Morgan fingerprint density at radius 2 is 1.71 bits per heavy atom. The minimum atomic E-state index is -0.669. The number of amides is 2. The van der Waals surface area contributed by atoms with E-state index in [4.69, 9.17) is 0 Å². The van der Waals surface area contributed by atoms with Crippen LogP contribution in [0.15, 0.2) is 91.1 Å². The van der Waals surface area contributed by atoms with Crippen molar-refractivity contribution in [2.45, 2.75) is 12.8 Å². The molecule has 0 spiro atoms. The van der Waals surface area contributed by atoms with Crippen molar-refractivity contribution in [3.05, 3.63) is 102 Å². The average Bonchev–Trinajstić information content (AvgIpc) is 3.33. The number of aromatic nitrogens is 1. The monoisotopic (exact) mass is 449 g/mol. The molecule has 34 heavy (non-hydrogen) atoms. The van der Waals surface area contributed by atoms with E-state index in [0.29, 0.717) is 37.0 Å². The van der Waals surface area contributed by atoms with Crippen LogP contribution < -0.4 is 5.32 Å². The van der Waals surface area contributed by atoms with Crippen LogP contribution in [0, 0.1) is 5.41 Å². The Balaban J connectivity index is 1.43. The molecule has 1 fully saturated rings. The summed E-state index contributed by atoms with van der Waals surface area (Å²) in [6, 6.07) is 28.0. The highest BCUT2D eigenvalue weighted by Gasteiger charge is 2.45. The topological polar surface area (TPSA) is 62.3 Å². The number of carbonyl (C=O) groups is 2. The number of hydrogen-bond donors (Lipinski definition) is 1. The minimum absolute atomic E-state index is 0.0241. The first-order chi connectivity index (χ1) is 16.6. The van der Waals surface area contributed by atoms with Crippen molar-refractivity contribution in [1.82, 2.24) is 15.2 Å². The molecule has 2 amide bonds. The first kappa shape index (κ1) is 21.8. The molecular weight excluding hydrogens is 422 g/mol. The van der Waals surface area contributed by atoms with Crippen molar-refractivity contribution in [3.63, 3.8) is 0 Å². The number of para-hydroxylation sites is 1. The van der Waals surface area contributed by atoms with Crippen molar-refractivity contribution in [2.24, 2.45) is 5.41 Å². The molecule has 0 radical (unpaired) electrons. The lowest BCUT2D eigenvalue weighted by Gasteiger charge is -2.28. The largest absolute Gasteiger partial charge is 0.359 e. The molecule has 5 nitrogen and oxygen atoms in total. The summed E-state index contributed by atoms with van der Waals surface area (Å²) in [6.07, 6.45) is 2.90. The molecule has 0 saturated carbocycles. The van der Waals surface area contributed by atoms with E-state index in [0.717, 1.165) is 22.1 Å². The van der Waals surface area contributed by atoms with E-state index < -0.39 is 5.41 Å². The Hall–Kier alpha value is -3.99. The second-order valence-corrected chi connectivity index (χ2v) is 8.96. The zero-order valence-corrected chi connectivity index (χ0v) is 19.2. The molecular formula is C29H27N3O2. The normalized spacial score (nSPS) is 17.6. The van der Waals surface area contributed by atoms with Gasteiger partial charge >= 0.3 is 0 Å². The smallest absolute Gasteiger partial charge is 0.256 e. The highest BCUT2D eigenvalue weighted by atomic mass is 16.2. The molecule has 1 saturated heterocycles. The van der Waals surface area contributed by atoms with Crippen LogP contribution in [0.25, 0.3) is 22.0 Å². The molecule has 0 aliphatic carbocycles. The lowest BCUT2D eigenvalue weighted by molar-refractivity contribution is -0.129. The van der Waals surface area contributed by atoms with Gasteiger partial charge < -0.3 is 10.2 Å². The van der Waals surface area contributed by atoms with Crippen LogP contribution in [0.1, 0.15) is 22.3 Å². The van der Waals surface area contributed by atoms with Gasteiger partial charge in [-0.15, -0.1) is 0 Å². The molecule has 0 bridgehead atoms. The molecule has 1 atom stereocenters. The van der Waals surface area contributed by atoms with Gasteiger partial charge in [-0.25, -0.2) is 0 Å². The van der Waals surface area contributed by atoms with Gasteiger partial charge in [0.25, 0.3) is 5.91 Å². The van der Waals surface area contributed by atoms with Crippen LogP contribution in [0.4, 0.5) is 0 Å². The molecule has 1 aliphatic heterocycles. The van der Waals surface area contributed by atoms with Crippen molar-refractivity contribution in [2.75, 3.05) is 20.1 Å². The fourth-order valence-corrected chi connectivity index (χ4v) is 5.05. The maximum Gasteiger partial charge on any atom is 0.256 e. The fraction of sp³-hybridized carbons (Fsp3) is 0.207. The molecule has 5 heteroatoms. The van der Waals surface area contributed by atoms with Crippen molar-refractivity contribution >= 4 is 22.7 Å². The molecule has 1 aliphatic rings. The first-order valence-corrected chi connectivity index (χ1v) is 11.6. The minimum Gasteiger partial charge on any atom is -0.359 e. The lowest BCUT2D eigenvalue weighted by Crippen LogP contribution is -2.44. The predicted molar refractivity (Wildman–Crippen MR) is 134 cm³/mol. The second-order valence-electron chi connectivity index (χ2n) is 8.96. The van der Waals surface area contributed by atoms with E-state index >= 15 is 0 Å². The van der Waals surface area contributed by atoms with E-state index in [-0.39, 0.29) is 11.8 Å². The molecule has 5 rings (SSSR count). The molecule has 170 valence electrons. The fourth-order valence-electron chi connectivity index (χ4n) is 5.05. The highest BCUT2D eigenvalue weighted by Crippen LogP contribution is 2.36. The van der Waals surface area contributed by atoms with Gasteiger partial charge in [-0.1, -0.05) is 72.8 Å². The van der Waals surface area contributed by atoms with Crippen LogP contribution in [-0.2, 0) is 11.2 Å². The van der Waals surface area contributed by atoms with Crippen LogP contribution in [0.2, 0.25) is 0 Å². The summed E-state index contributed by atoms with van der Waals surface area (Å²) in [4.78, 5) is 32.9. The number of carbonyl (C=O) groups excluding carboxylic acids is 2. The van der Waals surface area contributed by atoms with E-state index in [9.17, 15) is 9.59 Å². The summed E-state index contributed by atoms with van der Waals surface area (Å²) in [7, 11) is 1.67. The van der Waals surface area contributed by atoms with Crippen molar-refractivity contribution < 1.29 is 9.59 Å². The summed E-state index contributed by atoms with van der Waals surface area (Å²) in [5.41, 5.74) is 3.96. The first-order valence-electron chi connectivity index (χ1n) is 11.6. The van der Waals surface area contributed by atoms with Crippen LogP contribution in [-0.4, -0.2) is 41.8 Å². The number of rotatable bonds is 5. The number of likely N-dealkylation sites (tertiary alicyclic amines) is 1. The van der Waals surface area contributed by atoms with Gasteiger partial charge in [-0.05, 0) is 41.7 Å². The van der Waals surface area contributed by atoms with Gasteiger partial charge in [0.1, 0.15) is 0 Å². The number of hydrogen-bond acceptors (Lipinski definition) is 3. The van der Waals surface area contributed by atoms with Gasteiger partial charge in [-0.2, -0.15) is 0 Å². The summed E-state index contributed by atoms with van der Waals surface area (Å²) < 4.78 is 0. The predicted octanol–water partition coefficient (Wildman–Crippen LogP) is 4.72. The summed E-state index contributed by atoms with van der Waals surface area (Å²) in [5.74, 6) is -0.0999. The summed E-state index contributed by atoms with van der Waals surface area (Å²) in [5, 5.41) is 3.79. The van der Waals surface area contributed by atoms with E-state index in [1.54, 1.807) is 18.1 Å². The zero-order valence-electron chi connectivity index (χ0n) is 19.2. The Labute approximate surface area is 199 Å². The molecule has 3 aromatic carbocycles. The number of fused-ring (bicyclic) bond motifs is 1. The van der Waals surface area contributed by atoms with Crippen molar-refractivity contribution in [3.8, 4) is 11.1 Å². The Bertz CT molecular complexity index is 1350. The number of pyridine rings is 1. The molecule has 2 heterocycles. The molecule has 1 N–H and O–H groups in total. The Morgan fingerprint density at radius 3 is 2.53 bits per heavy atom. The number of nitrogens with zero attached hydrogens (tertiary/aromatic N) is 2. The molecule has 4 aromatic rings. The second kappa shape index (κ2) is 9.10. The SMILES string of the molecule is CNC(=O)[C@]1(Cc2cccc(-c3ccccc3)c2)CCN(C(=O)c2cccc3cccnc23)C1. The van der Waals surface area contributed by atoms with Crippen molar-refractivity contribution in [1.29, 1.82) is 0 Å². The number of nitrogens with one attached hydrogen (secondary N) is 1.